The largest absolute Gasteiger partial charge is 0.409 e. The highest BCUT2D eigenvalue weighted by atomic mass is 28.4. The summed E-state index contributed by atoms with van der Waals surface area (Å²) < 4.78 is 6.78. The van der Waals surface area contributed by atoms with Crippen LogP contribution in [0.25, 0.3) is 0 Å². The molecule has 0 heterocycles. The van der Waals surface area contributed by atoms with Crippen molar-refractivity contribution in [3.05, 3.63) is 71.3 Å². The van der Waals surface area contributed by atoms with Gasteiger partial charge in [-0.3, -0.25) is 4.79 Å². The summed E-state index contributed by atoms with van der Waals surface area (Å²) in [4.78, 5) is 12.9. The fourth-order valence-corrected chi connectivity index (χ4v) is 5.75. The smallest absolute Gasteiger partial charge is 0.193 e. The molecule has 2 nitrogen and oxygen atoms in total. The average Bonchev–Trinajstić information content (AvgIpc) is 2.62. The Kier molecular flexibility index (Phi) is 6.82. The van der Waals surface area contributed by atoms with Crippen molar-refractivity contribution in [1.29, 1.82) is 0 Å². The van der Waals surface area contributed by atoms with Crippen LogP contribution in [-0.4, -0.2) is 14.1 Å². The van der Waals surface area contributed by atoms with E-state index in [9.17, 15) is 4.79 Å². The lowest BCUT2D eigenvalue weighted by atomic mass is 9.99. The van der Waals surface area contributed by atoms with Gasteiger partial charge in [-0.1, -0.05) is 87.9 Å². The van der Waals surface area contributed by atoms with Gasteiger partial charge in [0.2, 0.25) is 0 Å². The Bertz CT molecular complexity index is 746. The monoisotopic (exact) mass is 382 g/mol. The number of Topliss-reactive ketones (excluding diaryl/α,β-unsaturated/α-hetero) is 1. The van der Waals surface area contributed by atoms with E-state index in [2.05, 4.69) is 52.9 Å². The van der Waals surface area contributed by atoms with Crippen LogP contribution in [0, 0.1) is 12.8 Å². The summed E-state index contributed by atoms with van der Waals surface area (Å²) in [7, 11) is -2.07. The van der Waals surface area contributed by atoms with Crippen molar-refractivity contribution in [2.75, 3.05) is 0 Å². The Morgan fingerprint density at radius 2 is 1.56 bits per heavy atom. The molecule has 0 aliphatic rings. The van der Waals surface area contributed by atoms with Crippen LogP contribution in [0.2, 0.25) is 18.1 Å². The molecule has 0 bridgehead atoms. The summed E-state index contributed by atoms with van der Waals surface area (Å²) in [6.07, 6.45) is 0.164. The molecule has 0 saturated heterocycles. The lowest BCUT2D eigenvalue weighted by molar-refractivity contribution is 0.0887. The fourth-order valence-electron chi connectivity index (χ4n) is 3.12. The van der Waals surface area contributed by atoms with Crippen molar-refractivity contribution in [3.63, 3.8) is 0 Å². The standard InChI is InChI=1S/C24H34O2Si/c1-18(2)24(4,5)27(6,7)26-23(21-11-9-8-10-12-21)17-22(25)20-15-13-19(3)14-16-20/h8-16,18,23H,17H2,1-7H3. The number of benzene rings is 2. The van der Waals surface area contributed by atoms with Gasteiger partial charge in [0.1, 0.15) is 0 Å². The maximum Gasteiger partial charge on any atom is 0.193 e. The molecule has 0 aliphatic heterocycles. The number of carbonyl (C=O) groups is 1. The van der Waals surface area contributed by atoms with Crippen molar-refractivity contribution in [1.82, 2.24) is 0 Å². The van der Waals surface area contributed by atoms with Gasteiger partial charge in [0, 0.05) is 12.0 Å². The molecule has 2 aromatic carbocycles. The quantitative estimate of drug-likeness (QED) is 0.364. The van der Waals surface area contributed by atoms with Gasteiger partial charge in [0.05, 0.1) is 6.10 Å². The summed E-state index contributed by atoms with van der Waals surface area (Å²) in [6, 6.07) is 18.0. The Hall–Kier alpha value is -1.71. The van der Waals surface area contributed by atoms with Gasteiger partial charge in [-0.15, -0.1) is 0 Å². The normalized spacial score (nSPS) is 13.6. The van der Waals surface area contributed by atoms with E-state index in [-0.39, 0.29) is 16.9 Å². The van der Waals surface area contributed by atoms with Gasteiger partial charge in [0.15, 0.2) is 14.1 Å². The van der Waals surface area contributed by atoms with Crippen molar-refractivity contribution in [3.8, 4) is 0 Å². The highest BCUT2D eigenvalue weighted by Gasteiger charge is 2.45. The van der Waals surface area contributed by atoms with Crippen molar-refractivity contribution in [2.45, 2.75) is 65.3 Å². The zero-order valence-electron chi connectivity index (χ0n) is 17.9. The molecular formula is C24H34O2Si. The Morgan fingerprint density at radius 3 is 2.07 bits per heavy atom. The van der Waals surface area contributed by atoms with Crippen LogP contribution < -0.4 is 0 Å². The first-order chi connectivity index (χ1) is 12.5. The summed E-state index contributed by atoms with van der Waals surface area (Å²) in [5.41, 5.74) is 3.00. The molecule has 0 N–H and O–H groups in total. The molecule has 0 saturated carbocycles. The number of hydrogen-bond acceptors (Lipinski definition) is 2. The molecule has 1 unspecified atom stereocenters. The van der Waals surface area contributed by atoms with Crippen LogP contribution in [-0.2, 0) is 4.43 Å². The van der Waals surface area contributed by atoms with Gasteiger partial charge in [-0.05, 0) is 36.5 Å². The second-order valence-electron chi connectivity index (χ2n) is 8.90. The third-order valence-electron chi connectivity index (χ3n) is 6.35. The molecule has 146 valence electrons. The molecule has 0 fully saturated rings. The lowest BCUT2D eigenvalue weighted by Gasteiger charge is -2.44. The zero-order valence-corrected chi connectivity index (χ0v) is 18.9. The Labute approximate surface area is 166 Å². The zero-order chi connectivity index (χ0) is 20.2. The second kappa shape index (κ2) is 8.53. The predicted octanol–water partition coefficient (Wildman–Crippen LogP) is 6.97. The summed E-state index contributed by atoms with van der Waals surface area (Å²) >= 11 is 0. The molecule has 0 aromatic heterocycles. The Morgan fingerprint density at radius 1 is 1.00 bits per heavy atom. The highest BCUT2D eigenvalue weighted by molar-refractivity contribution is 6.74. The van der Waals surface area contributed by atoms with Gasteiger partial charge in [0.25, 0.3) is 0 Å². The van der Waals surface area contributed by atoms with Gasteiger partial charge in [-0.2, -0.15) is 0 Å². The van der Waals surface area contributed by atoms with E-state index in [4.69, 9.17) is 4.43 Å². The van der Waals surface area contributed by atoms with Crippen molar-refractivity contribution in [2.24, 2.45) is 5.92 Å². The maximum absolute atomic E-state index is 12.9. The molecule has 3 heteroatoms. The molecule has 0 aliphatic carbocycles. The highest BCUT2D eigenvalue weighted by Crippen LogP contribution is 2.46. The lowest BCUT2D eigenvalue weighted by Crippen LogP contribution is -2.46. The van der Waals surface area contributed by atoms with E-state index < -0.39 is 8.32 Å². The summed E-state index contributed by atoms with van der Waals surface area (Å²) in [6.45, 7) is 15.7. The van der Waals surface area contributed by atoms with Gasteiger partial charge < -0.3 is 4.43 Å². The number of hydrogen-bond donors (Lipinski definition) is 0. The van der Waals surface area contributed by atoms with E-state index in [0.29, 0.717) is 12.3 Å². The summed E-state index contributed by atoms with van der Waals surface area (Å²) in [5.74, 6) is 0.652. The van der Waals surface area contributed by atoms with E-state index in [1.54, 1.807) is 0 Å². The van der Waals surface area contributed by atoms with Crippen LogP contribution in [0.3, 0.4) is 0 Å². The second-order valence-corrected chi connectivity index (χ2v) is 13.4. The van der Waals surface area contributed by atoms with E-state index in [0.717, 1.165) is 16.7 Å². The van der Waals surface area contributed by atoms with Crippen molar-refractivity contribution < 1.29 is 9.22 Å². The van der Waals surface area contributed by atoms with E-state index >= 15 is 0 Å². The van der Waals surface area contributed by atoms with Gasteiger partial charge >= 0.3 is 0 Å². The van der Waals surface area contributed by atoms with Crippen molar-refractivity contribution >= 4 is 14.1 Å². The molecule has 0 radical (unpaired) electrons. The SMILES string of the molecule is Cc1ccc(C(=O)CC(O[Si](C)(C)C(C)(C)C(C)C)c2ccccc2)cc1. The number of ketones is 1. The molecule has 0 amide bonds. The summed E-state index contributed by atoms with van der Waals surface area (Å²) in [5, 5.41) is 0.104. The van der Waals surface area contributed by atoms with Crippen LogP contribution in [0.15, 0.2) is 54.6 Å². The third kappa shape index (κ3) is 5.17. The molecule has 27 heavy (non-hydrogen) atoms. The minimum absolute atomic E-state index is 0.104. The minimum Gasteiger partial charge on any atom is -0.409 e. The third-order valence-corrected chi connectivity index (χ3v) is 10.9. The van der Waals surface area contributed by atoms with Crippen LogP contribution in [0.4, 0.5) is 0 Å². The average molecular weight is 383 g/mol. The maximum atomic E-state index is 12.9. The molecule has 2 aromatic rings. The molecular weight excluding hydrogens is 348 g/mol. The molecule has 2 rings (SSSR count). The van der Waals surface area contributed by atoms with E-state index in [1.807, 2.05) is 49.4 Å². The van der Waals surface area contributed by atoms with Crippen LogP contribution >= 0.6 is 0 Å². The first-order valence-electron chi connectivity index (χ1n) is 9.87. The van der Waals surface area contributed by atoms with Crippen LogP contribution in [0.5, 0.6) is 0 Å². The first kappa shape index (κ1) is 21.6. The predicted molar refractivity (Wildman–Crippen MR) is 117 cm³/mol. The van der Waals surface area contributed by atoms with Gasteiger partial charge in [-0.25, -0.2) is 0 Å². The Balaban J connectivity index is 2.30. The number of rotatable bonds is 8. The fraction of sp³-hybridized carbons (Fsp3) is 0.458. The molecule has 1 atom stereocenters. The first-order valence-corrected chi connectivity index (χ1v) is 12.8. The number of carbonyl (C=O) groups excluding carboxylic acids is 1. The topological polar surface area (TPSA) is 26.3 Å². The number of aryl methyl sites for hydroxylation is 1. The van der Waals surface area contributed by atoms with E-state index in [1.165, 1.54) is 0 Å². The molecule has 0 spiro atoms. The minimum atomic E-state index is -2.07. The van der Waals surface area contributed by atoms with Crippen LogP contribution in [0.1, 0.15) is 61.7 Å².